The lowest BCUT2D eigenvalue weighted by molar-refractivity contribution is -0.131. The lowest BCUT2D eigenvalue weighted by Gasteiger charge is -2.18. The molecule has 106 valence electrons. The molecule has 2 N–H and O–H groups in total. The number of nitrogens with one attached hydrogen (secondary N) is 1. The second kappa shape index (κ2) is 7.92. The van der Waals surface area contributed by atoms with Gasteiger partial charge in [-0.1, -0.05) is 44.2 Å². The molecule has 0 radical (unpaired) electrons. The van der Waals surface area contributed by atoms with Gasteiger partial charge in [0.05, 0.1) is 6.10 Å². The van der Waals surface area contributed by atoms with Crippen molar-refractivity contribution in [2.45, 2.75) is 32.5 Å². The van der Waals surface area contributed by atoms with Crippen LogP contribution in [0.2, 0.25) is 0 Å². The molecule has 0 aliphatic heterocycles. The Labute approximate surface area is 114 Å². The van der Waals surface area contributed by atoms with Crippen molar-refractivity contribution in [2.24, 2.45) is 5.92 Å². The lowest BCUT2D eigenvalue weighted by atomic mass is 10.0. The van der Waals surface area contributed by atoms with Crippen LogP contribution < -0.4 is 5.32 Å². The highest BCUT2D eigenvalue weighted by atomic mass is 16.5. The van der Waals surface area contributed by atoms with Gasteiger partial charge in [0, 0.05) is 13.7 Å². The molecule has 0 fully saturated rings. The molecule has 0 heterocycles. The summed E-state index contributed by atoms with van der Waals surface area (Å²) in [5.74, 6) is 0.0221. The van der Waals surface area contributed by atoms with Crippen LogP contribution in [0, 0.1) is 5.92 Å². The Kier molecular flexibility index (Phi) is 6.53. The SMILES string of the molecule is CO[C@@H](C(=O)NCCC(O)C(C)C)c1ccccc1. The first-order valence-electron chi connectivity index (χ1n) is 6.59. The number of aliphatic hydroxyl groups excluding tert-OH is 1. The lowest BCUT2D eigenvalue weighted by Crippen LogP contribution is -2.33. The monoisotopic (exact) mass is 265 g/mol. The molecular formula is C15H23NO3. The summed E-state index contributed by atoms with van der Waals surface area (Å²) in [6, 6.07) is 9.36. The van der Waals surface area contributed by atoms with Gasteiger partial charge in [0.1, 0.15) is 0 Å². The van der Waals surface area contributed by atoms with E-state index >= 15 is 0 Å². The van der Waals surface area contributed by atoms with Gasteiger partial charge in [-0.15, -0.1) is 0 Å². The third kappa shape index (κ3) is 5.01. The number of ether oxygens (including phenoxy) is 1. The maximum Gasteiger partial charge on any atom is 0.253 e. The van der Waals surface area contributed by atoms with Gasteiger partial charge in [0.15, 0.2) is 6.10 Å². The highest BCUT2D eigenvalue weighted by molar-refractivity contribution is 5.82. The summed E-state index contributed by atoms with van der Waals surface area (Å²) in [6.07, 6.45) is -0.440. The first kappa shape index (κ1) is 15.7. The number of carbonyl (C=O) groups is 1. The van der Waals surface area contributed by atoms with Crippen LogP contribution in [0.4, 0.5) is 0 Å². The molecule has 0 bridgehead atoms. The van der Waals surface area contributed by atoms with E-state index in [1.54, 1.807) is 0 Å². The largest absolute Gasteiger partial charge is 0.393 e. The number of benzene rings is 1. The molecule has 1 aromatic rings. The van der Waals surface area contributed by atoms with E-state index in [-0.39, 0.29) is 11.8 Å². The predicted octanol–water partition coefficient (Wildman–Crippen LogP) is 1.90. The van der Waals surface area contributed by atoms with Crippen LogP contribution in [0.15, 0.2) is 30.3 Å². The fourth-order valence-electron chi connectivity index (χ4n) is 1.79. The summed E-state index contributed by atoms with van der Waals surface area (Å²) in [6.45, 7) is 4.35. The standard InChI is InChI=1S/C15H23NO3/c1-11(2)13(17)9-10-16-15(18)14(19-3)12-7-5-4-6-8-12/h4-8,11,13-14,17H,9-10H2,1-3H3,(H,16,18)/t13?,14-/m1/s1. The van der Waals surface area contributed by atoms with E-state index in [0.29, 0.717) is 13.0 Å². The number of carbonyl (C=O) groups excluding carboxylic acids is 1. The Morgan fingerprint density at radius 1 is 1.32 bits per heavy atom. The van der Waals surface area contributed by atoms with Gasteiger partial charge in [0.25, 0.3) is 5.91 Å². The summed E-state index contributed by atoms with van der Waals surface area (Å²) in [4.78, 5) is 12.0. The fourth-order valence-corrected chi connectivity index (χ4v) is 1.79. The Bertz CT molecular complexity index is 378. The first-order valence-corrected chi connectivity index (χ1v) is 6.59. The minimum Gasteiger partial charge on any atom is -0.393 e. The van der Waals surface area contributed by atoms with E-state index in [0.717, 1.165) is 5.56 Å². The summed E-state index contributed by atoms with van der Waals surface area (Å²) in [7, 11) is 1.51. The highest BCUT2D eigenvalue weighted by Crippen LogP contribution is 2.16. The van der Waals surface area contributed by atoms with E-state index in [4.69, 9.17) is 4.74 Å². The number of hydrogen-bond acceptors (Lipinski definition) is 3. The van der Waals surface area contributed by atoms with Crippen molar-refractivity contribution in [2.75, 3.05) is 13.7 Å². The second-order valence-electron chi connectivity index (χ2n) is 4.92. The van der Waals surface area contributed by atoms with Crippen molar-refractivity contribution in [3.63, 3.8) is 0 Å². The third-order valence-electron chi connectivity index (χ3n) is 3.09. The molecule has 1 aromatic carbocycles. The zero-order chi connectivity index (χ0) is 14.3. The third-order valence-corrected chi connectivity index (χ3v) is 3.09. The molecular weight excluding hydrogens is 242 g/mol. The first-order chi connectivity index (χ1) is 9.06. The van der Waals surface area contributed by atoms with Gasteiger partial charge in [-0.2, -0.15) is 0 Å². The Morgan fingerprint density at radius 2 is 1.95 bits per heavy atom. The molecule has 4 heteroatoms. The molecule has 0 saturated carbocycles. The van der Waals surface area contributed by atoms with Crippen LogP contribution in [-0.2, 0) is 9.53 Å². The van der Waals surface area contributed by atoms with E-state index in [2.05, 4.69) is 5.32 Å². The summed E-state index contributed by atoms with van der Waals surface area (Å²) < 4.78 is 5.23. The molecule has 0 spiro atoms. The van der Waals surface area contributed by atoms with Crippen LogP contribution in [-0.4, -0.2) is 30.8 Å². The van der Waals surface area contributed by atoms with Crippen LogP contribution in [0.25, 0.3) is 0 Å². The van der Waals surface area contributed by atoms with E-state index in [9.17, 15) is 9.90 Å². The van der Waals surface area contributed by atoms with Gasteiger partial charge in [-0.3, -0.25) is 4.79 Å². The highest BCUT2D eigenvalue weighted by Gasteiger charge is 2.19. The van der Waals surface area contributed by atoms with Crippen molar-refractivity contribution in [3.8, 4) is 0 Å². The quantitative estimate of drug-likeness (QED) is 0.791. The predicted molar refractivity (Wildman–Crippen MR) is 74.7 cm³/mol. The number of rotatable bonds is 7. The topological polar surface area (TPSA) is 58.6 Å². The van der Waals surface area contributed by atoms with E-state index in [1.165, 1.54) is 7.11 Å². The minimum atomic E-state index is -0.600. The molecule has 1 rings (SSSR count). The maximum absolute atomic E-state index is 12.0. The zero-order valence-electron chi connectivity index (χ0n) is 11.8. The van der Waals surface area contributed by atoms with Crippen LogP contribution in [0.5, 0.6) is 0 Å². The normalized spacial score (nSPS) is 14.2. The summed E-state index contributed by atoms with van der Waals surface area (Å²) in [5, 5.41) is 12.5. The van der Waals surface area contributed by atoms with Gasteiger partial charge in [-0.05, 0) is 17.9 Å². The fraction of sp³-hybridized carbons (Fsp3) is 0.533. The molecule has 1 unspecified atom stereocenters. The number of methoxy groups -OCH3 is 1. The van der Waals surface area contributed by atoms with Crippen LogP contribution in [0.3, 0.4) is 0 Å². The zero-order valence-corrected chi connectivity index (χ0v) is 11.8. The van der Waals surface area contributed by atoms with Crippen molar-refractivity contribution in [1.29, 1.82) is 0 Å². The van der Waals surface area contributed by atoms with Gasteiger partial charge in [0.2, 0.25) is 0 Å². The second-order valence-corrected chi connectivity index (χ2v) is 4.92. The van der Waals surface area contributed by atoms with E-state index in [1.807, 2.05) is 44.2 Å². The van der Waals surface area contributed by atoms with Crippen LogP contribution >= 0.6 is 0 Å². The molecule has 0 aromatic heterocycles. The van der Waals surface area contributed by atoms with Crippen molar-refractivity contribution >= 4 is 5.91 Å². The molecule has 2 atom stereocenters. The van der Waals surface area contributed by atoms with Crippen molar-refractivity contribution < 1.29 is 14.6 Å². The molecule has 0 saturated heterocycles. The number of hydrogen-bond donors (Lipinski definition) is 2. The molecule has 19 heavy (non-hydrogen) atoms. The Morgan fingerprint density at radius 3 is 2.47 bits per heavy atom. The molecule has 1 amide bonds. The molecule has 0 aliphatic carbocycles. The van der Waals surface area contributed by atoms with E-state index < -0.39 is 12.2 Å². The summed E-state index contributed by atoms with van der Waals surface area (Å²) in [5.41, 5.74) is 0.826. The molecule has 4 nitrogen and oxygen atoms in total. The average Bonchev–Trinajstić information content (AvgIpc) is 2.40. The van der Waals surface area contributed by atoms with Crippen molar-refractivity contribution in [3.05, 3.63) is 35.9 Å². The smallest absolute Gasteiger partial charge is 0.253 e. The number of amides is 1. The van der Waals surface area contributed by atoms with Gasteiger partial charge < -0.3 is 15.2 Å². The average molecular weight is 265 g/mol. The van der Waals surface area contributed by atoms with Gasteiger partial charge in [-0.25, -0.2) is 0 Å². The summed E-state index contributed by atoms with van der Waals surface area (Å²) >= 11 is 0. The number of aliphatic hydroxyl groups is 1. The Balaban J connectivity index is 2.47. The van der Waals surface area contributed by atoms with Crippen molar-refractivity contribution in [1.82, 2.24) is 5.32 Å². The van der Waals surface area contributed by atoms with Gasteiger partial charge >= 0.3 is 0 Å². The Hall–Kier alpha value is -1.39. The minimum absolute atomic E-state index is 0.176. The maximum atomic E-state index is 12.0. The molecule has 0 aliphatic rings. The van der Waals surface area contributed by atoms with Crippen LogP contribution in [0.1, 0.15) is 31.9 Å².